The zero-order chi connectivity index (χ0) is 15.6. The molecule has 0 fully saturated rings. The molecule has 3 heteroatoms. The maximum atomic E-state index is 12.5. The van der Waals surface area contributed by atoms with Crippen LogP contribution >= 0.6 is 0 Å². The summed E-state index contributed by atoms with van der Waals surface area (Å²) < 4.78 is 0. The molecule has 0 saturated carbocycles. The molecule has 0 aliphatic carbocycles. The number of allylic oxidation sites excluding steroid dienone is 1. The van der Waals surface area contributed by atoms with Crippen LogP contribution < -0.4 is 0 Å². The number of H-pyrrole nitrogens is 1. The number of pyridine rings is 1. The van der Waals surface area contributed by atoms with Crippen LogP contribution in [0.15, 0.2) is 73.2 Å². The van der Waals surface area contributed by atoms with E-state index in [4.69, 9.17) is 0 Å². The van der Waals surface area contributed by atoms with Gasteiger partial charge in [-0.15, -0.1) is 0 Å². The zero-order valence-corrected chi connectivity index (χ0v) is 12.4. The van der Waals surface area contributed by atoms with Crippen molar-refractivity contribution in [1.29, 1.82) is 0 Å². The van der Waals surface area contributed by atoms with E-state index in [0.717, 1.165) is 27.2 Å². The largest absolute Gasteiger partial charge is 0.360 e. The van der Waals surface area contributed by atoms with Crippen LogP contribution in [0.3, 0.4) is 0 Å². The van der Waals surface area contributed by atoms with Gasteiger partial charge < -0.3 is 4.98 Å². The lowest BCUT2D eigenvalue weighted by molar-refractivity contribution is 0.104. The van der Waals surface area contributed by atoms with Crippen molar-refractivity contribution in [1.82, 2.24) is 9.97 Å². The highest BCUT2D eigenvalue weighted by atomic mass is 16.1. The van der Waals surface area contributed by atoms with Gasteiger partial charge in [0.1, 0.15) is 0 Å². The normalized spacial score (nSPS) is 11.5. The predicted molar refractivity (Wildman–Crippen MR) is 93.4 cm³/mol. The summed E-state index contributed by atoms with van der Waals surface area (Å²) in [5.74, 6) is -0.00601. The summed E-state index contributed by atoms with van der Waals surface area (Å²) in [6, 6.07) is 15.8. The third-order valence-corrected chi connectivity index (χ3v) is 3.98. The molecule has 110 valence electrons. The second-order valence-corrected chi connectivity index (χ2v) is 5.39. The Morgan fingerprint density at radius 2 is 1.91 bits per heavy atom. The number of benzene rings is 2. The van der Waals surface area contributed by atoms with Gasteiger partial charge in [0.15, 0.2) is 5.78 Å². The van der Waals surface area contributed by atoms with Crippen LogP contribution in [-0.2, 0) is 0 Å². The molecular formula is C20H14N2O. The van der Waals surface area contributed by atoms with Gasteiger partial charge in [0.2, 0.25) is 0 Å². The third kappa shape index (κ3) is 2.42. The summed E-state index contributed by atoms with van der Waals surface area (Å²) in [6.07, 6.45) is 8.86. The molecule has 0 spiro atoms. The summed E-state index contributed by atoms with van der Waals surface area (Å²) in [5.41, 5.74) is 2.68. The molecule has 2 aromatic carbocycles. The Bertz CT molecular complexity index is 1040. The number of aromatic nitrogens is 2. The van der Waals surface area contributed by atoms with Crippen LogP contribution in [0.2, 0.25) is 0 Å². The Labute approximate surface area is 133 Å². The minimum absolute atomic E-state index is 0.00601. The monoisotopic (exact) mass is 298 g/mol. The van der Waals surface area contributed by atoms with Crippen molar-refractivity contribution >= 4 is 33.5 Å². The third-order valence-electron chi connectivity index (χ3n) is 3.98. The average Bonchev–Trinajstić information content (AvgIpc) is 3.04. The van der Waals surface area contributed by atoms with E-state index in [1.165, 1.54) is 0 Å². The number of carbonyl (C=O) groups excluding carboxylic acids is 1. The summed E-state index contributed by atoms with van der Waals surface area (Å²) in [6.45, 7) is 0. The molecule has 0 atom stereocenters. The number of nitrogens with zero attached hydrogens (tertiary/aromatic N) is 1. The van der Waals surface area contributed by atoms with Crippen LogP contribution in [0.4, 0.5) is 0 Å². The number of para-hydroxylation sites is 1. The van der Waals surface area contributed by atoms with E-state index in [2.05, 4.69) is 9.97 Å². The average molecular weight is 298 g/mol. The predicted octanol–water partition coefficient (Wildman–Crippen LogP) is 4.61. The van der Waals surface area contributed by atoms with Gasteiger partial charge in [0.25, 0.3) is 0 Å². The van der Waals surface area contributed by atoms with Crippen LogP contribution in [0.5, 0.6) is 0 Å². The first-order chi connectivity index (χ1) is 11.3. The van der Waals surface area contributed by atoms with Crippen molar-refractivity contribution in [3.63, 3.8) is 0 Å². The fraction of sp³-hybridized carbons (Fsp3) is 0. The van der Waals surface area contributed by atoms with E-state index >= 15 is 0 Å². The van der Waals surface area contributed by atoms with Crippen LogP contribution in [-0.4, -0.2) is 15.8 Å². The number of aromatic amines is 1. The highest BCUT2D eigenvalue weighted by Crippen LogP contribution is 2.21. The first-order valence-electron chi connectivity index (χ1n) is 7.44. The van der Waals surface area contributed by atoms with Gasteiger partial charge in [-0.05, 0) is 29.2 Å². The number of nitrogens with one attached hydrogen (secondary N) is 1. The molecule has 2 heterocycles. The summed E-state index contributed by atoms with van der Waals surface area (Å²) in [4.78, 5) is 19.8. The Hall–Kier alpha value is -3.20. The lowest BCUT2D eigenvalue weighted by atomic mass is 10.0. The van der Waals surface area contributed by atoms with Gasteiger partial charge in [-0.2, -0.15) is 0 Å². The molecule has 0 aliphatic rings. The summed E-state index contributed by atoms with van der Waals surface area (Å²) >= 11 is 0. The SMILES string of the molecule is O=C(/C=C/c1cccc2cnccc12)c1c[nH]c2ccccc12. The van der Waals surface area contributed by atoms with Crippen molar-refractivity contribution in [2.24, 2.45) is 0 Å². The van der Waals surface area contributed by atoms with Crippen molar-refractivity contribution in [2.45, 2.75) is 0 Å². The zero-order valence-electron chi connectivity index (χ0n) is 12.4. The molecule has 0 bridgehead atoms. The Morgan fingerprint density at radius 3 is 2.87 bits per heavy atom. The number of carbonyl (C=O) groups is 1. The molecule has 2 aromatic heterocycles. The smallest absolute Gasteiger partial charge is 0.187 e. The molecule has 4 rings (SSSR count). The van der Waals surface area contributed by atoms with Gasteiger partial charge >= 0.3 is 0 Å². The van der Waals surface area contributed by atoms with Gasteiger partial charge in [0.05, 0.1) is 0 Å². The standard InChI is InChI=1S/C20H14N2O/c23-20(18-13-22-19-7-2-1-6-17(18)19)9-8-14-4-3-5-15-12-21-11-10-16(14)15/h1-13,22H/b9-8+. The van der Waals surface area contributed by atoms with E-state index in [1.807, 2.05) is 60.8 Å². The van der Waals surface area contributed by atoms with Crippen molar-refractivity contribution in [2.75, 3.05) is 0 Å². The van der Waals surface area contributed by atoms with Crippen LogP contribution in [0.25, 0.3) is 27.8 Å². The highest BCUT2D eigenvalue weighted by molar-refractivity contribution is 6.15. The molecule has 0 amide bonds. The number of ketones is 1. The molecule has 0 unspecified atom stereocenters. The first kappa shape index (κ1) is 13.5. The lowest BCUT2D eigenvalue weighted by Crippen LogP contribution is -1.92. The van der Waals surface area contributed by atoms with E-state index < -0.39 is 0 Å². The molecule has 1 N–H and O–H groups in total. The van der Waals surface area contributed by atoms with E-state index in [0.29, 0.717) is 5.56 Å². The summed E-state index contributed by atoms with van der Waals surface area (Å²) in [5, 5.41) is 3.10. The van der Waals surface area contributed by atoms with E-state index in [1.54, 1.807) is 18.5 Å². The Kier molecular flexibility index (Phi) is 3.24. The van der Waals surface area contributed by atoms with Crippen molar-refractivity contribution in [3.05, 3.63) is 84.3 Å². The van der Waals surface area contributed by atoms with E-state index in [9.17, 15) is 4.79 Å². The quantitative estimate of drug-likeness (QED) is 0.443. The molecule has 0 aliphatic heterocycles. The lowest BCUT2D eigenvalue weighted by Gasteiger charge is -2.01. The number of hydrogen-bond donors (Lipinski definition) is 1. The Morgan fingerprint density at radius 1 is 1.00 bits per heavy atom. The number of rotatable bonds is 3. The van der Waals surface area contributed by atoms with Gasteiger partial charge in [-0.1, -0.05) is 42.5 Å². The fourth-order valence-corrected chi connectivity index (χ4v) is 2.82. The molecule has 4 aromatic rings. The molecule has 3 nitrogen and oxygen atoms in total. The van der Waals surface area contributed by atoms with Crippen molar-refractivity contribution in [3.8, 4) is 0 Å². The van der Waals surface area contributed by atoms with Gasteiger partial charge in [-0.3, -0.25) is 9.78 Å². The minimum Gasteiger partial charge on any atom is -0.360 e. The minimum atomic E-state index is -0.00601. The summed E-state index contributed by atoms with van der Waals surface area (Å²) in [7, 11) is 0. The van der Waals surface area contributed by atoms with Crippen LogP contribution in [0.1, 0.15) is 15.9 Å². The van der Waals surface area contributed by atoms with Crippen LogP contribution in [0, 0.1) is 0 Å². The first-order valence-corrected chi connectivity index (χ1v) is 7.44. The van der Waals surface area contributed by atoms with Gasteiger partial charge in [0, 0.05) is 40.4 Å². The topological polar surface area (TPSA) is 45.8 Å². The molecule has 0 radical (unpaired) electrons. The second kappa shape index (κ2) is 5.54. The fourth-order valence-electron chi connectivity index (χ4n) is 2.82. The maximum Gasteiger partial charge on any atom is 0.187 e. The number of hydrogen-bond acceptors (Lipinski definition) is 2. The Balaban J connectivity index is 1.72. The van der Waals surface area contributed by atoms with Crippen molar-refractivity contribution < 1.29 is 4.79 Å². The molecular weight excluding hydrogens is 284 g/mol. The van der Waals surface area contributed by atoms with E-state index in [-0.39, 0.29) is 5.78 Å². The van der Waals surface area contributed by atoms with Gasteiger partial charge in [-0.25, -0.2) is 0 Å². The molecule has 0 saturated heterocycles. The highest BCUT2D eigenvalue weighted by Gasteiger charge is 2.08. The number of fused-ring (bicyclic) bond motifs is 2. The maximum absolute atomic E-state index is 12.5. The molecule has 23 heavy (non-hydrogen) atoms. The second-order valence-electron chi connectivity index (χ2n) is 5.39.